The zero-order chi connectivity index (χ0) is 14.7. The summed E-state index contributed by atoms with van der Waals surface area (Å²) in [6.07, 6.45) is 0. The van der Waals surface area contributed by atoms with E-state index in [9.17, 15) is 14.0 Å². The van der Waals surface area contributed by atoms with Gasteiger partial charge in [0.25, 0.3) is 0 Å². The molecular formula is C14H13FNO3P. The smallest absolute Gasteiger partial charge is 0.340 e. The highest BCUT2D eigenvalue weighted by molar-refractivity contribution is 7.28. The zero-order valence-corrected chi connectivity index (χ0v) is 11.9. The van der Waals surface area contributed by atoms with Gasteiger partial charge in [-0.3, -0.25) is 4.79 Å². The Hall–Kier alpha value is -2.00. The number of benzene rings is 1. The fraction of sp³-hybridized carbons (Fsp3) is 0.143. The van der Waals surface area contributed by atoms with Crippen LogP contribution in [-0.4, -0.2) is 17.6 Å². The monoisotopic (exact) mass is 293 g/mol. The lowest BCUT2D eigenvalue weighted by atomic mass is 10.1. The molecule has 0 aliphatic carbocycles. The fourth-order valence-corrected chi connectivity index (χ4v) is 2.23. The second-order valence-corrected chi connectivity index (χ2v) is 4.69. The van der Waals surface area contributed by atoms with Gasteiger partial charge in [0.1, 0.15) is 5.82 Å². The first kappa shape index (κ1) is 14.4. The minimum absolute atomic E-state index is 0.231. The van der Waals surface area contributed by atoms with Gasteiger partial charge in [0, 0.05) is 11.6 Å². The van der Waals surface area contributed by atoms with Gasteiger partial charge in [-0.05, 0) is 36.5 Å². The average Bonchev–Trinajstić information content (AvgIpc) is 2.38. The Morgan fingerprint density at radius 2 is 2.10 bits per heavy atom. The van der Waals surface area contributed by atoms with E-state index in [1.807, 2.05) is 0 Å². The molecule has 1 unspecified atom stereocenters. The van der Waals surface area contributed by atoms with E-state index in [-0.39, 0.29) is 17.7 Å². The summed E-state index contributed by atoms with van der Waals surface area (Å²) in [5.41, 5.74) is 0.765. The summed E-state index contributed by atoms with van der Waals surface area (Å²) in [5, 5.41) is 0.539. The number of carbonyl (C=O) groups is 1. The van der Waals surface area contributed by atoms with Gasteiger partial charge >= 0.3 is 5.97 Å². The Balaban J connectivity index is 2.62. The first-order valence-electron chi connectivity index (χ1n) is 5.98. The third kappa shape index (κ3) is 2.94. The number of aromatic amines is 1. The van der Waals surface area contributed by atoms with Crippen LogP contribution in [0.25, 0.3) is 11.3 Å². The molecule has 1 aromatic heterocycles. The van der Waals surface area contributed by atoms with Crippen LogP contribution < -0.4 is 10.9 Å². The van der Waals surface area contributed by atoms with Crippen LogP contribution in [0.4, 0.5) is 4.39 Å². The number of ether oxygens (including phenoxy) is 1. The van der Waals surface area contributed by atoms with Gasteiger partial charge in [-0.25, -0.2) is 9.18 Å². The molecule has 1 heterocycles. The fourth-order valence-electron chi connectivity index (χ4n) is 1.83. The summed E-state index contributed by atoms with van der Waals surface area (Å²) in [4.78, 5) is 26.0. The lowest BCUT2D eigenvalue weighted by Gasteiger charge is -2.10. The molecule has 2 aromatic rings. The molecule has 0 spiro atoms. The van der Waals surface area contributed by atoms with E-state index in [0.29, 0.717) is 16.6 Å². The molecule has 0 aliphatic heterocycles. The Bertz CT molecular complexity index is 712. The molecule has 0 amide bonds. The van der Waals surface area contributed by atoms with Crippen LogP contribution in [0.15, 0.2) is 35.1 Å². The summed E-state index contributed by atoms with van der Waals surface area (Å²) in [5.74, 6) is -0.929. The van der Waals surface area contributed by atoms with Crippen LogP contribution >= 0.6 is 9.24 Å². The van der Waals surface area contributed by atoms with Crippen molar-refractivity contribution in [1.82, 2.24) is 4.98 Å². The predicted octanol–water partition coefficient (Wildman–Crippen LogP) is 1.86. The summed E-state index contributed by atoms with van der Waals surface area (Å²) in [6, 6.07) is 6.73. The van der Waals surface area contributed by atoms with E-state index >= 15 is 0 Å². The van der Waals surface area contributed by atoms with Crippen molar-refractivity contribution in [1.29, 1.82) is 0 Å². The first-order valence-corrected chi connectivity index (χ1v) is 6.56. The molecule has 1 aromatic carbocycles. The number of hydrogen-bond acceptors (Lipinski definition) is 3. The highest BCUT2D eigenvalue weighted by Crippen LogP contribution is 2.21. The third-order valence-corrected chi connectivity index (χ3v) is 3.17. The quantitative estimate of drug-likeness (QED) is 0.694. The molecule has 2 rings (SSSR count). The normalized spacial score (nSPS) is 10.3. The van der Waals surface area contributed by atoms with Crippen molar-refractivity contribution >= 4 is 20.5 Å². The SMILES string of the molecule is CCOC(=O)c1ccc(=O)[nH]c1-c1ccc(F)cc1P. The Morgan fingerprint density at radius 3 is 2.75 bits per heavy atom. The molecular weight excluding hydrogens is 280 g/mol. The van der Waals surface area contributed by atoms with Crippen molar-refractivity contribution in [3.63, 3.8) is 0 Å². The number of aromatic nitrogens is 1. The Morgan fingerprint density at radius 1 is 1.35 bits per heavy atom. The van der Waals surface area contributed by atoms with Crippen molar-refractivity contribution in [2.24, 2.45) is 0 Å². The standard InChI is InChI=1S/C14H13FNO3P/c1-2-19-14(18)10-5-6-12(17)16-13(10)9-4-3-8(15)7-11(9)20/h3-7H,2,20H2,1H3,(H,16,17). The maximum atomic E-state index is 13.1. The van der Waals surface area contributed by atoms with Crippen LogP contribution in [0.3, 0.4) is 0 Å². The molecule has 1 N–H and O–H groups in total. The van der Waals surface area contributed by atoms with Crippen molar-refractivity contribution < 1.29 is 13.9 Å². The van der Waals surface area contributed by atoms with Crippen LogP contribution in [0.5, 0.6) is 0 Å². The van der Waals surface area contributed by atoms with Crippen LogP contribution in [0.1, 0.15) is 17.3 Å². The van der Waals surface area contributed by atoms with Gasteiger partial charge in [0.05, 0.1) is 17.9 Å². The maximum absolute atomic E-state index is 13.1. The molecule has 0 saturated carbocycles. The molecule has 0 saturated heterocycles. The van der Waals surface area contributed by atoms with E-state index in [0.717, 1.165) is 0 Å². The Labute approximate surface area is 117 Å². The third-order valence-electron chi connectivity index (χ3n) is 2.70. The number of H-pyrrole nitrogens is 1. The lowest BCUT2D eigenvalue weighted by Crippen LogP contribution is -2.15. The van der Waals surface area contributed by atoms with Crippen molar-refractivity contribution in [2.45, 2.75) is 6.92 Å². The van der Waals surface area contributed by atoms with E-state index < -0.39 is 11.8 Å². The summed E-state index contributed by atoms with van der Waals surface area (Å²) in [6.45, 7) is 1.93. The van der Waals surface area contributed by atoms with Gasteiger partial charge in [-0.15, -0.1) is 9.24 Å². The maximum Gasteiger partial charge on any atom is 0.340 e. The zero-order valence-electron chi connectivity index (χ0n) is 10.8. The number of hydrogen-bond donors (Lipinski definition) is 1. The molecule has 20 heavy (non-hydrogen) atoms. The number of esters is 1. The van der Waals surface area contributed by atoms with Gasteiger partial charge in [-0.1, -0.05) is 0 Å². The van der Waals surface area contributed by atoms with Crippen molar-refractivity contribution in [3.05, 3.63) is 52.1 Å². The van der Waals surface area contributed by atoms with E-state index in [1.54, 1.807) is 6.92 Å². The summed E-state index contributed by atoms with van der Waals surface area (Å²) < 4.78 is 18.1. The molecule has 6 heteroatoms. The van der Waals surface area contributed by atoms with Gasteiger partial charge in [0.2, 0.25) is 5.56 Å². The number of carbonyl (C=O) groups excluding carboxylic acids is 1. The number of nitrogens with one attached hydrogen (secondary N) is 1. The number of pyridine rings is 1. The van der Waals surface area contributed by atoms with E-state index in [4.69, 9.17) is 4.74 Å². The van der Waals surface area contributed by atoms with Crippen LogP contribution in [0, 0.1) is 5.82 Å². The summed E-state index contributed by atoms with van der Waals surface area (Å²) in [7, 11) is 2.38. The van der Waals surface area contributed by atoms with Crippen LogP contribution in [-0.2, 0) is 4.74 Å². The van der Waals surface area contributed by atoms with E-state index in [1.165, 1.54) is 30.3 Å². The van der Waals surface area contributed by atoms with Crippen LogP contribution in [0.2, 0.25) is 0 Å². The Kier molecular flexibility index (Phi) is 4.30. The summed E-state index contributed by atoms with van der Waals surface area (Å²) >= 11 is 0. The lowest BCUT2D eigenvalue weighted by molar-refractivity contribution is 0.0527. The van der Waals surface area contributed by atoms with Crippen molar-refractivity contribution in [3.8, 4) is 11.3 Å². The van der Waals surface area contributed by atoms with Gasteiger partial charge in [-0.2, -0.15) is 0 Å². The molecule has 104 valence electrons. The minimum Gasteiger partial charge on any atom is -0.462 e. The highest BCUT2D eigenvalue weighted by atomic mass is 31.0. The van der Waals surface area contributed by atoms with Crippen molar-refractivity contribution in [2.75, 3.05) is 6.61 Å². The average molecular weight is 293 g/mol. The highest BCUT2D eigenvalue weighted by Gasteiger charge is 2.16. The second-order valence-electron chi connectivity index (χ2n) is 4.06. The molecule has 0 bridgehead atoms. The molecule has 4 nitrogen and oxygen atoms in total. The number of halogens is 1. The van der Waals surface area contributed by atoms with Gasteiger partial charge in [0.15, 0.2) is 0 Å². The molecule has 0 fully saturated rings. The second kappa shape index (κ2) is 5.97. The predicted molar refractivity (Wildman–Crippen MR) is 77.8 cm³/mol. The number of rotatable bonds is 3. The molecule has 0 aliphatic rings. The topological polar surface area (TPSA) is 59.2 Å². The van der Waals surface area contributed by atoms with E-state index in [2.05, 4.69) is 14.2 Å². The first-order chi connectivity index (χ1) is 9.52. The largest absolute Gasteiger partial charge is 0.462 e. The minimum atomic E-state index is -0.535. The van der Waals surface area contributed by atoms with Gasteiger partial charge < -0.3 is 9.72 Å². The molecule has 1 atom stereocenters. The molecule has 0 radical (unpaired) electrons.